The second kappa shape index (κ2) is 18.4. The average molecular weight is 914 g/mol. The summed E-state index contributed by atoms with van der Waals surface area (Å²) in [6.07, 6.45) is 4.45. The number of unbranched alkanes of at least 4 members (excludes halogenated alkanes) is 1. The third-order valence-electron chi connectivity index (χ3n) is 10.5. The number of sulfonamides is 1. The number of nitrogens with one attached hydrogen (secondary N) is 5. The highest BCUT2D eigenvalue weighted by molar-refractivity contribution is 9.10. The number of anilines is 4. The molecule has 3 aliphatic rings. The maximum absolute atomic E-state index is 14.3. The Hall–Kier alpha value is -5.54. The molecule has 21 heteroatoms. The van der Waals surface area contributed by atoms with Crippen molar-refractivity contribution in [2.45, 2.75) is 82.8 Å². The molecule has 0 radical (unpaired) electrons. The molecule has 1 unspecified atom stereocenters. The zero-order valence-electron chi connectivity index (χ0n) is 33.0. The summed E-state index contributed by atoms with van der Waals surface area (Å²) < 4.78 is 42.3. The molecule has 2 fully saturated rings. The summed E-state index contributed by atoms with van der Waals surface area (Å²) in [5.41, 5.74) is 5.41. The fraction of sp³-hybridized carbons (Fsp3) is 0.436. The number of hydrogen-bond acceptors (Lipinski definition) is 13. The van der Waals surface area contributed by atoms with E-state index in [1.54, 1.807) is 12.1 Å². The molecule has 3 aromatic rings. The monoisotopic (exact) mass is 912 g/mol. The molecule has 3 aliphatic heterocycles. The predicted octanol–water partition coefficient (Wildman–Crippen LogP) is 3.40. The number of piperidine rings is 2. The highest BCUT2D eigenvalue weighted by Crippen LogP contribution is 2.35. The number of halogens is 2. The number of nitrogens with two attached hydrogens (primary N) is 1. The molecule has 0 spiro atoms. The number of aromatic nitrogens is 2. The maximum atomic E-state index is 14.3. The summed E-state index contributed by atoms with van der Waals surface area (Å²) >= 11 is 3.35. The Labute approximate surface area is 354 Å². The molecule has 6 amide bonds. The van der Waals surface area contributed by atoms with Gasteiger partial charge in [0.2, 0.25) is 33.7 Å². The predicted molar refractivity (Wildman–Crippen MR) is 222 cm³/mol. The number of fused-ring (bicyclic) bond motifs is 1. The second-order valence-corrected chi connectivity index (χ2v) is 18.4. The highest BCUT2D eigenvalue weighted by atomic mass is 79.9. The van der Waals surface area contributed by atoms with E-state index in [0.29, 0.717) is 42.3 Å². The number of nitrogens with zero attached hydrogens (tertiary/aromatic N) is 4. The van der Waals surface area contributed by atoms with Crippen LogP contribution in [0.4, 0.5) is 27.5 Å². The van der Waals surface area contributed by atoms with Gasteiger partial charge in [0.05, 0.1) is 32.6 Å². The Balaban J connectivity index is 0.907. The van der Waals surface area contributed by atoms with E-state index in [1.165, 1.54) is 28.7 Å². The molecular formula is C39H46BrFN10O8S. The van der Waals surface area contributed by atoms with Gasteiger partial charge in [0.15, 0.2) is 0 Å². The first-order valence-corrected chi connectivity index (χ1v) is 21.9. The quantitative estimate of drug-likeness (QED) is 0.0840. The van der Waals surface area contributed by atoms with Crippen LogP contribution in [0, 0.1) is 5.82 Å². The summed E-state index contributed by atoms with van der Waals surface area (Å²) in [4.78, 5) is 84.9. The zero-order valence-corrected chi connectivity index (χ0v) is 35.4. The number of carbonyl (C=O) groups excluding carboxylic acids is 6. The van der Waals surface area contributed by atoms with Crippen LogP contribution in [0.25, 0.3) is 0 Å². The number of amides is 6. The van der Waals surface area contributed by atoms with Crippen molar-refractivity contribution in [2.24, 2.45) is 5.73 Å². The van der Waals surface area contributed by atoms with E-state index >= 15 is 0 Å². The third kappa shape index (κ3) is 10.2. The molecule has 0 aliphatic carbocycles. The highest BCUT2D eigenvalue weighted by Gasteiger charge is 2.46. The van der Waals surface area contributed by atoms with Crippen molar-refractivity contribution < 1.29 is 41.6 Å². The van der Waals surface area contributed by atoms with Crippen LogP contribution in [0.15, 0.2) is 47.1 Å². The Bertz CT molecular complexity index is 2320. The first-order valence-electron chi connectivity index (χ1n) is 19.5. The van der Waals surface area contributed by atoms with Crippen molar-refractivity contribution in [3.63, 3.8) is 0 Å². The largest absolute Gasteiger partial charge is 0.379 e. The molecule has 4 heterocycles. The van der Waals surface area contributed by atoms with Crippen LogP contribution >= 0.6 is 15.9 Å². The van der Waals surface area contributed by atoms with Gasteiger partial charge >= 0.3 is 0 Å². The van der Waals surface area contributed by atoms with Crippen LogP contribution in [0.2, 0.25) is 0 Å². The third-order valence-corrected chi connectivity index (χ3v) is 13.0. The van der Waals surface area contributed by atoms with Gasteiger partial charge in [-0.1, -0.05) is 18.6 Å². The van der Waals surface area contributed by atoms with E-state index in [-0.39, 0.29) is 90.7 Å². The van der Waals surface area contributed by atoms with Crippen molar-refractivity contribution >= 4 is 84.5 Å². The number of benzene rings is 2. The second-order valence-electron chi connectivity index (χ2n) is 15.4. The lowest BCUT2D eigenvalue weighted by atomic mass is 9.95. The molecule has 18 nitrogen and oxygen atoms in total. The van der Waals surface area contributed by atoms with Gasteiger partial charge in [0.1, 0.15) is 17.7 Å². The molecule has 2 aromatic carbocycles. The number of imide groups is 2. The van der Waals surface area contributed by atoms with Crippen molar-refractivity contribution in [2.75, 3.05) is 41.3 Å². The number of hydrogen-bond donors (Lipinski definition) is 6. The lowest BCUT2D eigenvalue weighted by molar-refractivity contribution is -0.136. The maximum Gasteiger partial charge on any atom is 0.264 e. The van der Waals surface area contributed by atoms with Crippen LogP contribution < -0.4 is 32.3 Å². The average Bonchev–Trinajstić information content (AvgIpc) is 3.44. The molecule has 1 atom stereocenters. The van der Waals surface area contributed by atoms with E-state index in [2.05, 4.69) is 52.5 Å². The van der Waals surface area contributed by atoms with Gasteiger partial charge in [-0.15, -0.1) is 0 Å². The molecule has 60 heavy (non-hydrogen) atoms. The normalized spacial score (nSPS) is 17.6. The summed E-state index contributed by atoms with van der Waals surface area (Å²) in [6.45, 7) is 4.31. The lowest BCUT2D eigenvalue weighted by Crippen LogP contribution is -2.54. The van der Waals surface area contributed by atoms with Gasteiger partial charge in [-0.25, -0.2) is 22.1 Å². The minimum atomic E-state index is -3.65. The fourth-order valence-electron chi connectivity index (χ4n) is 7.43. The molecule has 2 saturated heterocycles. The molecule has 0 saturated carbocycles. The summed E-state index contributed by atoms with van der Waals surface area (Å²) in [5.74, 6) is -4.06. The minimum absolute atomic E-state index is 0.0249. The first kappa shape index (κ1) is 44.0. The number of rotatable bonds is 17. The molecule has 0 bridgehead atoms. The van der Waals surface area contributed by atoms with Crippen LogP contribution in [0.3, 0.4) is 0 Å². The molecule has 6 rings (SSSR count). The van der Waals surface area contributed by atoms with Gasteiger partial charge in [0.25, 0.3) is 17.7 Å². The molecule has 1 aromatic heterocycles. The van der Waals surface area contributed by atoms with Crippen LogP contribution in [0.1, 0.15) is 96.3 Å². The zero-order chi connectivity index (χ0) is 43.4. The molecule has 320 valence electrons. The van der Waals surface area contributed by atoms with E-state index in [4.69, 9.17) is 5.73 Å². The Morgan fingerprint density at radius 1 is 1.02 bits per heavy atom. The van der Waals surface area contributed by atoms with Crippen molar-refractivity contribution in [1.82, 2.24) is 29.8 Å². The smallest absolute Gasteiger partial charge is 0.264 e. The topological polar surface area (TPSA) is 255 Å². The van der Waals surface area contributed by atoms with Crippen LogP contribution in [0.5, 0.6) is 0 Å². The van der Waals surface area contributed by atoms with Gasteiger partial charge in [-0.05, 0) is 86.1 Å². The first-order chi connectivity index (χ1) is 28.4. The summed E-state index contributed by atoms with van der Waals surface area (Å²) in [7, 11) is -3.65. The van der Waals surface area contributed by atoms with Crippen LogP contribution in [-0.4, -0.2) is 106 Å². The van der Waals surface area contributed by atoms with Crippen molar-refractivity contribution in [1.29, 1.82) is 0 Å². The Morgan fingerprint density at radius 2 is 1.73 bits per heavy atom. The summed E-state index contributed by atoms with van der Waals surface area (Å²) in [6, 6.07) is 7.71. The van der Waals surface area contributed by atoms with Gasteiger partial charge in [-0.3, -0.25) is 39.0 Å². The SMILES string of the molecule is CC(C)(CCCCC(=O)NCCS(=O)(=O)N1CCC(Nc2ncc(Br)c(Nc3cccc(F)c3C(N)=O)n2)CC1)Nc1cccc2c1C(=O)N(C1CCC(=O)NC1=O)C2=O. The standard InChI is InChI=1S/C39H46BrFN10O8S/c1-39(2,49-27-10-5-7-23-31(27)37(57)51(36(23)56)28-12-13-30(53)47-35(28)55)16-4-3-11-29(52)43-17-20-60(58,59)50-18-14-22(15-19-50)45-38-44-21-24(40)34(48-38)46-26-9-6-8-25(41)32(26)33(42)54/h5-10,21-22,28,49H,3-4,11-20H2,1-2H3,(H2,42,54)(H,43,52)(H,47,53,55)(H2,44,45,46,48). The van der Waals surface area contributed by atoms with E-state index in [0.717, 1.165) is 11.0 Å². The molecule has 7 N–H and O–H groups in total. The Kier molecular flexibility index (Phi) is 13.5. The van der Waals surface area contributed by atoms with E-state index < -0.39 is 57.0 Å². The summed E-state index contributed by atoms with van der Waals surface area (Å²) in [5, 5.41) is 14.4. The minimum Gasteiger partial charge on any atom is -0.379 e. The number of primary amides is 1. The lowest BCUT2D eigenvalue weighted by Gasteiger charge is -2.31. The van der Waals surface area contributed by atoms with E-state index in [1.807, 2.05) is 13.8 Å². The van der Waals surface area contributed by atoms with Crippen LogP contribution in [-0.2, 0) is 24.4 Å². The fourth-order valence-corrected chi connectivity index (χ4v) is 9.10. The van der Waals surface area contributed by atoms with E-state index in [9.17, 15) is 41.6 Å². The Morgan fingerprint density at radius 3 is 2.45 bits per heavy atom. The van der Waals surface area contributed by atoms with Crippen molar-refractivity contribution in [3.8, 4) is 0 Å². The van der Waals surface area contributed by atoms with Crippen molar-refractivity contribution in [3.05, 3.63) is 69.6 Å². The van der Waals surface area contributed by atoms with Gasteiger partial charge in [0, 0.05) is 55.9 Å². The van der Waals surface area contributed by atoms with Gasteiger partial charge < -0.3 is 27.0 Å². The molecular weight excluding hydrogens is 867 g/mol. The number of carbonyl (C=O) groups is 6. The van der Waals surface area contributed by atoms with Gasteiger partial charge in [-0.2, -0.15) is 4.98 Å².